The Morgan fingerprint density at radius 3 is 2.81 bits per heavy atom. The molecule has 1 amide bonds. The number of amides is 1. The van der Waals surface area contributed by atoms with Crippen LogP contribution in [0.25, 0.3) is 0 Å². The van der Waals surface area contributed by atoms with E-state index in [0.717, 1.165) is 18.4 Å². The molecule has 1 rings (SSSR count). The number of nitrogens with two attached hydrogens (primary N) is 1. The Labute approximate surface area is 99.2 Å². The van der Waals surface area contributed by atoms with Crippen molar-refractivity contribution in [3.63, 3.8) is 0 Å². The second-order valence-electron chi connectivity index (χ2n) is 5.53. The summed E-state index contributed by atoms with van der Waals surface area (Å²) in [5, 5.41) is 3.46. The average molecular weight is 226 g/mol. The van der Waals surface area contributed by atoms with Crippen molar-refractivity contribution in [1.29, 1.82) is 0 Å². The summed E-state index contributed by atoms with van der Waals surface area (Å²) in [6.07, 6.45) is 7.04. The smallest absolute Gasteiger partial charge is 0.218 e. The zero-order valence-corrected chi connectivity index (χ0v) is 10.7. The van der Waals surface area contributed by atoms with Gasteiger partial charge in [0, 0.05) is 19.0 Å². The van der Waals surface area contributed by atoms with Gasteiger partial charge < -0.3 is 11.1 Å². The minimum absolute atomic E-state index is 0.206. The molecule has 1 aliphatic rings. The van der Waals surface area contributed by atoms with Crippen LogP contribution in [0.1, 0.15) is 52.4 Å². The molecular formula is C13H26N2O. The van der Waals surface area contributed by atoms with Gasteiger partial charge in [-0.15, -0.1) is 0 Å². The predicted molar refractivity (Wildman–Crippen MR) is 67.0 cm³/mol. The van der Waals surface area contributed by atoms with Gasteiger partial charge in [-0.1, -0.05) is 26.7 Å². The minimum atomic E-state index is -0.206. The Morgan fingerprint density at radius 1 is 1.44 bits per heavy atom. The number of hydrogen-bond donors (Lipinski definition) is 2. The van der Waals surface area contributed by atoms with Gasteiger partial charge >= 0.3 is 0 Å². The quantitative estimate of drug-likeness (QED) is 0.728. The van der Waals surface area contributed by atoms with Crippen molar-refractivity contribution in [2.75, 3.05) is 6.54 Å². The van der Waals surface area contributed by atoms with Crippen LogP contribution >= 0.6 is 0 Å². The molecule has 0 spiro atoms. The highest BCUT2D eigenvalue weighted by molar-refractivity contribution is 5.73. The van der Waals surface area contributed by atoms with Crippen LogP contribution in [0.2, 0.25) is 0 Å². The summed E-state index contributed by atoms with van der Waals surface area (Å²) in [5.74, 6) is 1.47. The highest BCUT2D eigenvalue weighted by atomic mass is 16.1. The fraction of sp³-hybridized carbons (Fsp3) is 0.923. The normalized spacial score (nSPS) is 25.9. The first-order valence-corrected chi connectivity index (χ1v) is 6.59. The van der Waals surface area contributed by atoms with E-state index in [2.05, 4.69) is 19.2 Å². The lowest BCUT2D eigenvalue weighted by atomic mass is 9.81. The van der Waals surface area contributed by atoms with E-state index < -0.39 is 0 Å². The number of nitrogens with one attached hydrogen (secondary N) is 1. The average Bonchev–Trinajstić information content (AvgIpc) is 2.16. The minimum Gasteiger partial charge on any atom is -0.370 e. The van der Waals surface area contributed by atoms with E-state index in [1.54, 1.807) is 0 Å². The van der Waals surface area contributed by atoms with Crippen LogP contribution in [0.3, 0.4) is 0 Å². The number of rotatable bonds is 6. The summed E-state index contributed by atoms with van der Waals surface area (Å²) in [6.45, 7) is 5.34. The van der Waals surface area contributed by atoms with Crippen LogP contribution < -0.4 is 11.1 Å². The number of primary amides is 1. The lowest BCUT2D eigenvalue weighted by Gasteiger charge is -2.30. The van der Waals surface area contributed by atoms with E-state index in [1.165, 1.54) is 32.1 Å². The second-order valence-corrected chi connectivity index (χ2v) is 5.53. The summed E-state index contributed by atoms with van der Waals surface area (Å²) >= 11 is 0. The Balaban J connectivity index is 2.19. The molecule has 0 aromatic rings. The van der Waals surface area contributed by atoms with Crippen molar-refractivity contribution in [2.45, 2.75) is 58.4 Å². The van der Waals surface area contributed by atoms with E-state index >= 15 is 0 Å². The second kappa shape index (κ2) is 6.89. The van der Waals surface area contributed by atoms with E-state index in [1.807, 2.05) is 0 Å². The van der Waals surface area contributed by atoms with Crippen molar-refractivity contribution in [3.05, 3.63) is 0 Å². The zero-order chi connectivity index (χ0) is 12.0. The number of carbonyl (C=O) groups is 1. The molecule has 0 aromatic carbocycles. The predicted octanol–water partition coefficient (Wildman–Crippen LogP) is 2.06. The fourth-order valence-electron chi connectivity index (χ4n) is 2.76. The standard InChI is InChI=1S/C13H26N2O/c1-10(2)8-11-4-3-5-12(9-11)15-7-6-13(14)16/h10-12,15H,3-9H2,1-2H3,(H2,14,16). The zero-order valence-electron chi connectivity index (χ0n) is 10.7. The van der Waals surface area contributed by atoms with Crippen molar-refractivity contribution in [1.82, 2.24) is 5.32 Å². The van der Waals surface area contributed by atoms with Crippen molar-refractivity contribution in [3.8, 4) is 0 Å². The lowest BCUT2D eigenvalue weighted by molar-refractivity contribution is -0.117. The molecule has 0 bridgehead atoms. The van der Waals surface area contributed by atoms with Gasteiger partial charge in [0.1, 0.15) is 0 Å². The molecule has 1 aliphatic carbocycles. The Hall–Kier alpha value is -0.570. The van der Waals surface area contributed by atoms with Gasteiger partial charge in [-0.3, -0.25) is 4.79 Å². The third-order valence-corrected chi connectivity index (χ3v) is 3.39. The Kier molecular flexibility index (Phi) is 5.81. The van der Waals surface area contributed by atoms with E-state index in [-0.39, 0.29) is 5.91 Å². The van der Waals surface area contributed by atoms with Crippen LogP contribution in [0.15, 0.2) is 0 Å². The molecule has 0 heterocycles. The fourth-order valence-corrected chi connectivity index (χ4v) is 2.76. The van der Waals surface area contributed by atoms with E-state index in [0.29, 0.717) is 12.5 Å². The molecule has 0 saturated heterocycles. The molecule has 2 unspecified atom stereocenters. The monoisotopic (exact) mass is 226 g/mol. The molecule has 3 nitrogen and oxygen atoms in total. The Morgan fingerprint density at radius 2 is 2.19 bits per heavy atom. The van der Waals surface area contributed by atoms with Crippen LogP contribution in [0.5, 0.6) is 0 Å². The summed E-state index contributed by atoms with van der Waals surface area (Å²) in [4.78, 5) is 10.6. The first kappa shape index (κ1) is 13.5. The van der Waals surface area contributed by atoms with Crippen molar-refractivity contribution < 1.29 is 4.79 Å². The van der Waals surface area contributed by atoms with Crippen LogP contribution in [-0.4, -0.2) is 18.5 Å². The van der Waals surface area contributed by atoms with Crippen molar-refractivity contribution >= 4 is 5.91 Å². The molecule has 1 fully saturated rings. The molecule has 0 radical (unpaired) electrons. The molecule has 1 saturated carbocycles. The molecule has 3 heteroatoms. The van der Waals surface area contributed by atoms with Crippen LogP contribution in [0, 0.1) is 11.8 Å². The number of hydrogen-bond acceptors (Lipinski definition) is 2. The SMILES string of the molecule is CC(C)CC1CCCC(NCCC(N)=O)C1. The van der Waals surface area contributed by atoms with Gasteiger partial charge in [0.2, 0.25) is 5.91 Å². The third kappa shape index (κ3) is 5.50. The molecule has 16 heavy (non-hydrogen) atoms. The highest BCUT2D eigenvalue weighted by Crippen LogP contribution is 2.29. The summed E-state index contributed by atoms with van der Waals surface area (Å²) < 4.78 is 0. The van der Waals surface area contributed by atoms with Gasteiger partial charge in [-0.25, -0.2) is 0 Å². The van der Waals surface area contributed by atoms with Gasteiger partial charge in [0.15, 0.2) is 0 Å². The van der Waals surface area contributed by atoms with Crippen molar-refractivity contribution in [2.24, 2.45) is 17.6 Å². The summed E-state index contributed by atoms with van der Waals surface area (Å²) in [7, 11) is 0. The van der Waals surface area contributed by atoms with Crippen LogP contribution in [-0.2, 0) is 4.79 Å². The van der Waals surface area contributed by atoms with Gasteiger partial charge in [-0.2, -0.15) is 0 Å². The molecule has 3 N–H and O–H groups in total. The molecule has 2 atom stereocenters. The topological polar surface area (TPSA) is 55.1 Å². The van der Waals surface area contributed by atoms with Gasteiger partial charge in [0.05, 0.1) is 0 Å². The first-order chi connectivity index (χ1) is 7.58. The van der Waals surface area contributed by atoms with Crippen LogP contribution in [0.4, 0.5) is 0 Å². The van der Waals surface area contributed by atoms with Gasteiger partial charge in [-0.05, 0) is 31.1 Å². The molecular weight excluding hydrogens is 200 g/mol. The highest BCUT2D eigenvalue weighted by Gasteiger charge is 2.21. The summed E-state index contributed by atoms with van der Waals surface area (Å²) in [5.41, 5.74) is 5.12. The maximum Gasteiger partial charge on any atom is 0.218 e. The maximum atomic E-state index is 10.6. The molecule has 0 aromatic heterocycles. The lowest BCUT2D eigenvalue weighted by Crippen LogP contribution is -2.36. The maximum absolute atomic E-state index is 10.6. The van der Waals surface area contributed by atoms with Gasteiger partial charge in [0.25, 0.3) is 0 Å². The van der Waals surface area contributed by atoms with E-state index in [4.69, 9.17) is 5.73 Å². The number of carbonyl (C=O) groups excluding carboxylic acids is 1. The first-order valence-electron chi connectivity index (χ1n) is 6.59. The summed E-state index contributed by atoms with van der Waals surface area (Å²) in [6, 6.07) is 0.608. The molecule has 94 valence electrons. The molecule has 0 aliphatic heterocycles. The van der Waals surface area contributed by atoms with E-state index in [9.17, 15) is 4.79 Å². The third-order valence-electron chi connectivity index (χ3n) is 3.39. The Bertz CT molecular complexity index is 216. The largest absolute Gasteiger partial charge is 0.370 e.